The Bertz CT molecular complexity index is 490. The van der Waals surface area contributed by atoms with E-state index in [1.54, 1.807) is 0 Å². The Morgan fingerprint density at radius 2 is 1.32 bits per heavy atom. The molecule has 0 amide bonds. The predicted octanol–water partition coefficient (Wildman–Crippen LogP) is 5.41. The number of hydrogen-bond donors (Lipinski definition) is 2. The molecule has 0 bridgehead atoms. The van der Waals surface area contributed by atoms with Crippen LogP contribution in [0.4, 0.5) is 11.4 Å². The van der Waals surface area contributed by atoms with Gasteiger partial charge in [0.2, 0.25) is 0 Å². The van der Waals surface area contributed by atoms with Crippen LogP contribution < -0.4 is 10.6 Å². The first kappa shape index (κ1) is 16.4. The maximum Gasteiger partial charge on any atom is 0.0340 e. The molecule has 0 radical (unpaired) electrons. The van der Waals surface area contributed by atoms with E-state index in [1.165, 1.54) is 37.8 Å². The molecule has 2 aromatic carbocycles. The summed E-state index contributed by atoms with van der Waals surface area (Å²) in [6.07, 6.45) is 7.14. The highest BCUT2D eigenvalue weighted by Gasteiger charge is 2.12. The molecule has 0 atom stereocenters. The maximum atomic E-state index is 3.51. The van der Waals surface area contributed by atoms with Crippen LogP contribution in [-0.4, -0.2) is 13.6 Å². The molecular formula is C20H28N2. The normalized spacial score (nSPS) is 14.6. The Morgan fingerprint density at radius 1 is 0.773 bits per heavy atom. The van der Waals surface area contributed by atoms with E-state index in [-0.39, 0.29) is 0 Å². The fraction of sp³-hybridized carbons (Fsp3) is 0.400. The first-order valence-corrected chi connectivity index (χ1v) is 8.40. The molecule has 3 rings (SSSR count). The van der Waals surface area contributed by atoms with E-state index in [0.717, 1.165) is 18.2 Å². The molecule has 1 saturated carbocycles. The number of benzene rings is 2. The molecule has 1 aliphatic rings. The van der Waals surface area contributed by atoms with Crippen molar-refractivity contribution in [2.45, 2.75) is 32.1 Å². The largest absolute Gasteiger partial charge is 0.388 e. The number of para-hydroxylation sites is 2. The van der Waals surface area contributed by atoms with Gasteiger partial charge in [0.05, 0.1) is 0 Å². The lowest BCUT2D eigenvalue weighted by molar-refractivity contribution is 0.373. The van der Waals surface area contributed by atoms with Gasteiger partial charge in [-0.25, -0.2) is 0 Å². The second-order valence-corrected chi connectivity index (χ2v) is 5.87. The number of anilines is 2. The van der Waals surface area contributed by atoms with E-state index in [9.17, 15) is 0 Å². The van der Waals surface area contributed by atoms with Crippen molar-refractivity contribution in [3.05, 3.63) is 60.7 Å². The van der Waals surface area contributed by atoms with Crippen LogP contribution in [0.1, 0.15) is 32.1 Å². The maximum absolute atomic E-state index is 3.51. The fourth-order valence-electron chi connectivity index (χ4n) is 2.81. The molecule has 118 valence electrons. The topological polar surface area (TPSA) is 24.1 Å². The molecule has 2 N–H and O–H groups in total. The van der Waals surface area contributed by atoms with Crippen LogP contribution in [0, 0.1) is 5.92 Å². The Balaban J connectivity index is 0.000000188. The molecule has 0 unspecified atom stereocenters. The third-order valence-corrected chi connectivity index (χ3v) is 4.16. The second kappa shape index (κ2) is 9.88. The highest BCUT2D eigenvalue weighted by atomic mass is 14.9. The third kappa shape index (κ3) is 6.21. The van der Waals surface area contributed by atoms with Crippen LogP contribution in [0.5, 0.6) is 0 Å². The van der Waals surface area contributed by atoms with Crippen molar-refractivity contribution in [3.8, 4) is 0 Å². The van der Waals surface area contributed by atoms with Gasteiger partial charge < -0.3 is 10.6 Å². The molecule has 2 nitrogen and oxygen atoms in total. The summed E-state index contributed by atoms with van der Waals surface area (Å²) >= 11 is 0. The van der Waals surface area contributed by atoms with Crippen molar-refractivity contribution in [1.29, 1.82) is 0 Å². The Hall–Kier alpha value is -1.96. The molecule has 22 heavy (non-hydrogen) atoms. The zero-order valence-electron chi connectivity index (χ0n) is 13.6. The zero-order chi connectivity index (χ0) is 15.5. The Morgan fingerprint density at radius 3 is 1.82 bits per heavy atom. The van der Waals surface area contributed by atoms with Crippen molar-refractivity contribution in [1.82, 2.24) is 0 Å². The third-order valence-electron chi connectivity index (χ3n) is 4.16. The van der Waals surface area contributed by atoms with Gasteiger partial charge in [-0.15, -0.1) is 0 Å². The van der Waals surface area contributed by atoms with E-state index in [4.69, 9.17) is 0 Å². The number of nitrogens with one attached hydrogen (secondary N) is 2. The second-order valence-electron chi connectivity index (χ2n) is 5.87. The summed E-state index contributed by atoms with van der Waals surface area (Å²) in [5, 5.41) is 6.54. The monoisotopic (exact) mass is 296 g/mol. The number of hydrogen-bond acceptors (Lipinski definition) is 2. The minimum atomic E-state index is 0.906. The van der Waals surface area contributed by atoms with Gasteiger partial charge in [-0.2, -0.15) is 0 Å². The summed E-state index contributed by atoms with van der Waals surface area (Å²) < 4.78 is 0. The van der Waals surface area contributed by atoms with Crippen molar-refractivity contribution in [2.75, 3.05) is 24.2 Å². The molecule has 0 aliphatic heterocycles. The van der Waals surface area contributed by atoms with E-state index in [2.05, 4.69) is 41.0 Å². The fourth-order valence-corrected chi connectivity index (χ4v) is 2.81. The van der Waals surface area contributed by atoms with Gasteiger partial charge in [-0.3, -0.25) is 0 Å². The van der Waals surface area contributed by atoms with Gasteiger partial charge >= 0.3 is 0 Å². The molecule has 1 aliphatic carbocycles. The van der Waals surface area contributed by atoms with Gasteiger partial charge in [0.15, 0.2) is 0 Å². The Kier molecular flexibility index (Phi) is 7.37. The van der Waals surface area contributed by atoms with Crippen LogP contribution in [-0.2, 0) is 0 Å². The van der Waals surface area contributed by atoms with Crippen molar-refractivity contribution < 1.29 is 0 Å². The average molecular weight is 296 g/mol. The van der Waals surface area contributed by atoms with Crippen LogP contribution in [0.3, 0.4) is 0 Å². The van der Waals surface area contributed by atoms with Crippen LogP contribution >= 0.6 is 0 Å². The van der Waals surface area contributed by atoms with Gasteiger partial charge in [0.25, 0.3) is 0 Å². The van der Waals surface area contributed by atoms with Gasteiger partial charge in [0, 0.05) is 25.0 Å². The average Bonchev–Trinajstić information content (AvgIpc) is 2.63. The minimum Gasteiger partial charge on any atom is -0.388 e. The molecule has 0 saturated heterocycles. The Labute approximate surface area is 135 Å². The molecule has 1 fully saturated rings. The lowest BCUT2D eigenvalue weighted by Crippen LogP contribution is -2.16. The molecule has 2 aromatic rings. The lowest BCUT2D eigenvalue weighted by atomic mass is 9.89. The van der Waals surface area contributed by atoms with Crippen LogP contribution in [0.15, 0.2) is 60.7 Å². The van der Waals surface area contributed by atoms with Gasteiger partial charge in [-0.05, 0) is 43.0 Å². The lowest BCUT2D eigenvalue weighted by Gasteiger charge is -2.22. The SMILES string of the molecule is CNc1ccccc1.c1ccc(NCC2CCCCC2)cc1. The number of rotatable bonds is 4. The van der Waals surface area contributed by atoms with E-state index in [0.29, 0.717) is 0 Å². The quantitative estimate of drug-likeness (QED) is 0.788. The first-order valence-electron chi connectivity index (χ1n) is 8.40. The summed E-state index contributed by atoms with van der Waals surface area (Å²) in [7, 11) is 1.91. The summed E-state index contributed by atoms with van der Waals surface area (Å²) in [5.41, 5.74) is 2.42. The predicted molar refractivity (Wildman–Crippen MR) is 97.5 cm³/mol. The van der Waals surface area contributed by atoms with Crippen molar-refractivity contribution in [2.24, 2.45) is 5.92 Å². The summed E-state index contributed by atoms with van der Waals surface area (Å²) in [5.74, 6) is 0.906. The zero-order valence-corrected chi connectivity index (χ0v) is 13.6. The van der Waals surface area contributed by atoms with Crippen molar-refractivity contribution >= 4 is 11.4 Å². The smallest absolute Gasteiger partial charge is 0.0340 e. The highest BCUT2D eigenvalue weighted by Crippen LogP contribution is 2.23. The van der Waals surface area contributed by atoms with Gasteiger partial charge in [-0.1, -0.05) is 55.7 Å². The van der Waals surface area contributed by atoms with Gasteiger partial charge in [0.1, 0.15) is 0 Å². The van der Waals surface area contributed by atoms with Crippen LogP contribution in [0.25, 0.3) is 0 Å². The molecular weight excluding hydrogens is 268 g/mol. The van der Waals surface area contributed by atoms with E-state index in [1.807, 2.05) is 37.4 Å². The minimum absolute atomic E-state index is 0.906. The van der Waals surface area contributed by atoms with E-state index < -0.39 is 0 Å². The molecule has 0 spiro atoms. The van der Waals surface area contributed by atoms with Crippen LogP contribution in [0.2, 0.25) is 0 Å². The van der Waals surface area contributed by atoms with Crippen molar-refractivity contribution in [3.63, 3.8) is 0 Å². The highest BCUT2D eigenvalue weighted by molar-refractivity contribution is 5.42. The molecule has 2 heteroatoms. The first-order chi connectivity index (χ1) is 10.9. The molecule has 0 aromatic heterocycles. The summed E-state index contributed by atoms with van der Waals surface area (Å²) in [4.78, 5) is 0. The molecule has 0 heterocycles. The standard InChI is InChI=1S/C13H19N.C7H9N/c1-3-7-12(8-4-1)11-14-13-9-5-2-6-10-13;1-8-7-5-3-2-4-6-7/h2,5-6,9-10,12,14H,1,3-4,7-8,11H2;2-6,8H,1H3. The summed E-state index contributed by atoms with van der Waals surface area (Å²) in [6.45, 7) is 1.16. The van der Waals surface area contributed by atoms with E-state index >= 15 is 0 Å². The summed E-state index contributed by atoms with van der Waals surface area (Å²) in [6, 6.07) is 20.6.